The first kappa shape index (κ1) is 16.1. The predicted molar refractivity (Wildman–Crippen MR) is 93.0 cm³/mol. The van der Waals surface area contributed by atoms with Gasteiger partial charge in [0.05, 0.1) is 4.47 Å². The molecule has 1 atom stereocenters. The molecule has 0 heterocycles. The molecule has 0 fully saturated rings. The number of phenolic OH excluding ortho intramolecular Hbond substituents is 1. The van der Waals surface area contributed by atoms with Crippen molar-refractivity contribution >= 4 is 15.9 Å². The van der Waals surface area contributed by atoms with Gasteiger partial charge in [0.2, 0.25) is 0 Å². The van der Waals surface area contributed by atoms with Crippen LogP contribution in [-0.4, -0.2) is 5.11 Å². The van der Waals surface area contributed by atoms with Crippen molar-refractivity contribution in [3.05, 3.63) is 63.6 Å². The molecule has 2 aromatic rings. The fourth-order valence-corrected chi connectivity index (χ4v) is 3.30. The van der Waals surface area contributed by atoms with Gasteiger partial charge in [-0.3, -0.25) is 0 Å². The van der Waals surface area contributed by atoms with Crippen LogP contribution in [0.15, 0.2) is 46.9 Å². The van der Waals surface area contributed by atoms with E-state index in [4.69, 9.17) is 0 Å². The molecular formula is C19H23BrO. The van der Waals surface area contributed by atoms with Gasteiger partial charge in [0.15, 0.2) is 0 Å². The minimum Gasteiger partial charge on any atom is -0.507 e. The topological polar surface area (TPSA) is 20.2 Å². The van der Waals surface area contributed by atoms with Gasteiger partial charge < -0.3 is 5.11 Å². The second kappa shape index (κ2) is 7.65. The minimum absolute atomic E-state index is 0.335. The standard InChI is InChI=1S/C19H23BrO/c1-3-8-15-12-18(20)19(21)13-17(15)16(9-4-2)14-10-6-5-7-11-14/h5-7,10-13,16,21H,3-4,8-9H2,1-2H3. The summed E-state index contributed by atoms with van der Waals surface area (Å²) in [5.41, 5.74) is 3.94. The van der Waals surface area contributed by atoms with Crippen LogP contribution < -0.4 is 0 Å². The summed E-state index contributed by atoms with van der Waals surface area (Å²) in [7, 11) is 0. The molecule has 0 bridgehead atoms. The maximum Gasteiger partial charge on any atom is 0.130 e. The Bertz CT molecular complexity index is 578. The summed E-state index contributed by atoms with van der Waals surface area (Å²) in [6, 6.07) is 14.7. The molecule has 0 aliphatic heterocycles. The maximum atomic E-state index is 10.1. The molecule has 2 heteroatoms. The fraction of sp³-hybridized carbons (Fsp3) is 0.368. The Labute approximate surface area is 136 Å². The lowest BCUT2D eigenvalue weighted by molar-refractivity contribution is 0.470. The third-order valence-corrected chi connectivity index (χ3v) is 4.52. The van der Waals surface area contributed by atoms with Crippen LogP contribution >= 0.6 is 15.9 Å². The van der Waals surface area contributed by atoms with Gasteiger partial charge in [-0.2, -0.15) is 0 Å². The van der Waals surface area contributed by atoms with Crippen molar-refractivity contribution in [2.24, 2.45) is 0 Å². The molecule has 0 spiro atoms. The lowest BCUT2D eigenvalue weighted by Gasteiger charge is -2.21. The molecule has 0 saturated heterocycles. The zero-order valence-electron chi connectivity index (χ0n) is 12.8. The van der Waals surface area contributed by atoms with Crippen molar-refractivity contribution in [3.8, 4) is 5.75 Å². The molecule has 21 heavy (non-hydrogen) atoms. The van der Waals surface area contributed by atoms with Crippen molar-refractivity contribution in [3.63, 3.8) is 0 Å². The van der Waals surface area contributed by atoms with E-state index in [9.17, 15) is 5.11 Å². The van der Waals surface area contributed by atoms with Crippen LogP contribution in [-0.2, 0) is 6.42 Å². The Morgan fingerprint density at radius 3 is 2.38 bits per heavy atom. The molecule has 2 rings (SSSR count). The van der Waals surface area contributed by atoms with Gasteiger partial charge in [0.1, 0.15) is 5.75 Å². The number of phenols is 1. The molecule has 0 aliphatic carbocycles. The van der Waals surface area contributed by atoms with E-state index in [1.165, 1.54) is 16.7 Å². The van der Waals surface area contributed by atoms with Crippen molar-refractivity contribution in [1.82, 2.24) is 0 Å². The molecular weight excluding hydrogens is 324 g/mol. The molecule has 1 nitrogen and oxygen atoms in total. The third-order valence-electron chi connectivity index (χ3n) is 3.88. The molecule has 0 aliphatic rings. The van der Waals surface area contributed by atoms with Gasteiger partial charge in [-0.15, -0.1) is 0 Å². The van der Waals surface area contributed by atoms with Crippen LogP contribution in [0.25, 0.3) is 0 Å². The largest absolute Gasteiger partial charge is 0.507 e. The van der Waals surface area contributed by atoms with Crippen molar-refractivity contribution < 1.29 is 5.11 Å². The van der Waals surface area contributed by atoms with E-state index in [-0.39, 0.29) is 0 Å². The summed E-state index contributed by atoms with van der Waals surface area (Å²) >= 11 is 3.44. The van der Waals surface area contributed by atoms with E-state index in [2.05, 4.69) is 66.2 Å². The quantitative estimate of drug-likeness (QED) is 0.675. The monoisotopic (exact) mass is 346 g/mol. The van der Waals surface area contributed by atoms with E-state index >= 15 is 0 Å². The van der Waals surface area contributed by atoms with Crippen molar-refractivity contribution in [2.45, 2.75) is 45.4 Å². The predicted octanol–water partition coefficient (Wildman–Crippen LogP) is 6.04. The van der Waals surface area contributed by atoms with Gasteiger partial charge in [-0.25, -0.2) is 0 Å². The lowest BCUT2D eigenvalue weighted by atomic mass is 9.84. The first-order valence-corrected chi connectivity index (χ1v) is 8.52. The average Bonchev–Trinajstić information content (AvgIpc) is 2.50. The summed E-state index contributed by atoms with van der Waals surface area (Å²) in [5, 5.41) is 10.1. The van der Waals surface area contributed by atoms with Gasteiger partial charge >= 0.3 is 0 Å². The Morgan fingerprint density at radius 1 is 1.05 bits per heavy atom. The van der Waals surface area contributed by atoms with Crippen molar-refractivity contribution in [2.75, 3.05) is 0 Å². The molecule has 1 unspecified atom stereocenters. The van der Waals surface area contributed by atoms with Crippen LogP contribution in [0.5, 0.6) is 5.75 Å². The van der Waals surface area contributed by atoms with E-state index < -0.39 is 0 Å². The third kappa shape index (κ3) is 3.88. The number of aryl methyl sites for hydroxylation is 1. The van der Waals surface area contributed by atoms with Crippen LogP contribution in [0.1, 0.15) is 55.7 Å². The zero-order chi connectivity index (χ0) is 15.2. The molecule has 0 saturated carbocycles. The SMILES string of the molecule is CCCc1cc(Br)c(O)cc1C(CCC)c1ccccc1. The summed E-state index contributed by atoms with van der Waals surface area (Å²) in [6.07, 6.45) is 4.38. The molecule has 112 valence electrons. The normalized spacial score (nSPS) is 12.3. The summed E-state index contributed by atoms with van der Waals surface area (Å²) < 4.78 is 0.790. The highest BCUT2D eigenvalue weighted by Gasteiger charge is 2.18. The van der Waals surface area contributed by atoms with E-state index in [0.717, 1.165) is 30.2 Å². The number of hydrogen-bond acceptors (Lipinski definition) is 1. The average molecular weight is 347 g/mol. The van der Waals surface area contributed by atoms with E-state index in [1.54, 1.807) is 0 Å². The summed E-state index contributed by atoms with van der Waals surface area (Å²) in [6.45, 7) is 4.41. The smallest absolute Gasteiger partial charge is 0.130 e. The number of aromatic hydroxyl groups is 1. The van der Waals surface area contributed by atoms with Gasteiger partial charge in [0, 0.05) is 5.92 Å². The second-order valence-corrected chi connectivity index (χ2v) is 6.36. The van der Waals surface area contributed by atoms with E-state index in [0.29, 0.717) is 11.7 Å². The highest BCUT2D eigenvalue weighted by molar-refractivity contribution is 9.10. The van der Waals surface area contributed by atoms with Crippen LogP contribution in [0.3, 0.4) is 0 Å². The van der Waals surface area contributed by atoms with Crippen LogP contribution in [0.4, 0.5) is 0 Å². The minimum atomic E-state index is 0.335. The van der Waals surface area contributed by atoms with Gasteiger partial charge in [-0.05, 0) is 57.6 Å². The molecule has 0 aromatic heterocycles. The molecule has 0 amide bonds. The van der Waals surface area contributed by atoms with Crippen molar-refractivity contribution in [1.29, 1.82) is 0 Å². The molecule has 1 N–H and O–H groups in total. The maximum absolute atomic E-state index is 10.1. The highest BCUT2D eigenvalue weighted by atomic mass is 79.9. The Hall–Kier alpha value is -1.28. The number of halogens is 1. The summed E-state index contributed by atoms with van der Waals surface area (Å²) in [4.78, 5) is 0. The zero-order valence-corrected chi connectivity index (χ0v) is 14.4. The number of rotatable bonds is 6. The first-order chi connectivity index (χ1) is 10.2. The Kier molecular flexibility index (Phi) is 5.86. The van der Waals surface area contributed by atoms with Gasteiger partial charge in [-0.1, -0.05) is 57.0 Å². The van der Waals surface area contributed by atoms with E-state index in [1.807, 2.05) is 6.07 Å². The first-order valence-electron chi connectivity index (χ1n) is 7.73. The highest BCUT2D eigenvalue weighted by Crippen LogP contribution is 2.37. The van der Waals surface area contributed by atoms with Crippen LogP contribution in [0, 0.1) is 0 Å². The molecule has 2 aromatic carbocycles. The number of benzene rings is 2. The Balaban J connectivity index is 2.51. The van der Waals surface area contributed by atoms with Gasteiger partial charge in [0.25, 0.3) is 0 Å². The Morgan fingerprint density at radius 2 is 1.76 bits per heavy atom. The molecule has 0 radical (unpaired) electrons. The van der Waals surface area contributed by atoms with Crippen LogP contribution in [0.2, 0.25) is 0 Å². The lowest BCUT2D eigenvalue weighted by Crippen LogP contribution is -2.05. The second-order valence-electron chi connectivity index (χ2n) is 5.50. The number of hydrogen-bond donors (Lipinski definition) is 1. The summed E-state index contributed by atoms with van der Waals surface area (Å²) in [5.74, 6) is 0.693. The fourth-order valence-electron chi connectivity index (χ4n) is 2.91.